The minimum absolute atomic E-state index is 0.0999. The second-order valence-corrected chi connectivity index (χ2v) is 9.32. The third kappa shape index (κ3) is 4.61. The second-order valence-electron chi connectivity index (χ2n) is 8.41. The van der Waals surface area contributed by atoms with Crippen LogP contribution in [0.1, 0.15) is 39.7 Å². The van der Waals surface area contributed by atoms with Crippen molar-refractivity contribution in [1.82, 2.24) is 4.90 Å². The molecule has 1 aromatic heterocycles. The Balaban J connectivity index is 1.57. The molecule has 7 heteroatoms. The summed E-state index contributed by atoms with van der Waals surface area (Å²) in [5.74, 6) is 0.471. The first-order chi connectivity index (χ1) is 17.1. The Morgan fingerprint density at radius 1 is 1.00 bits per heavy atom. The number of halogens is 1. The number of ether oxygens (including phenoxy) is 2. The van der Waals surface area contributed by atoms with Gasteiger partial charge in [-0.25, -0.2) is 0 Å². The SMILES string of the molecule is COCCCN1C(=O)c2oc3ccc(Br)cc3c(=O)c2C1c1cccc(OCc2ccccc2)c1. The lowest BCUT2D eigenvalue weighted by Crippen LogP contribution is -2.31. The Morgan fingerprint density at radius 3 is 2.63 bits per heavy atom. The number of methoxy groups -OCH3 is 1. The third-order valence-electron chi connectivity index (χ3n) is 6.10. The fraction of sp³-hybridized carbons (Fsp3) is 0.214. The van der Waals surface area contributed by atoms with E-state index in [9.17, 15) is 9.59 Å². The van der Waals surface area contributed by atoms with Crippen molar-refractivity contribution in [2.45, 2.75) is 19.1 Å². The van der Waals surface area contributed by atoms with Crippen LogP contribution in [0.5, 0.6) is 5.75 Å². The summed E-state index contributed by atoms with van der Waals surface area (Å²) >= 11 is 3.43. The van der Waals surface area contributed by atoms with Crippen LogP contribution in [0, 0.1) is 0 Å². The molecule has 0 fully saturated rings. The molecule has 1 aliphatic rings. The van der Waals surface area contributed by atoms with Crippen molar-refractivity contribution < 1.29 is 18.7 Å². The Morgan fingerprint density at radius 2 is 1.83 bits per heavy atom. The van der Waals surface area contributed by atoms with Crippen LogP contribution in [-0.2, 0) is 11.3 Å². The molecule has 1 aliphatic heterocycles. The van der Waals surface area contributed by atoms with Crippen LogP contribution < -0.4 is 10.2 Å². The maximum absolute atomic E-state index is 13.7. The maximum atomic E-state index is 13.7. The van der Waals surface area contributed by atoms with Gasteiger partial charge in [-0.15, -0.1) is 0 Å². The lowest BCUT2D eigenvalue weighted by molar-refractivity contribution is 0.0707. The molecule has 2 heterocycles. The molecule has 0 saturated heterocycles. The molecule has 0 spiro atoms. The third-order valence-corrected chi connectivity index (χ3v) is 6.59. The minimum Gasteiger partial charge on any atom is -0.489 e. The number of hydrogen-bond acceptors (Lipinski definition) is 5. The van der Waals surface area contributed by atoms with Gasteiger partial charge in [0.1, 0.15) is 17.9 Å². The highest BCUT2D eigenvalue weighted by Gasteiger charge is 2.42. The molecular formula is C28H24BrNO5. The number of benzene rings is 3. The molecule has 1 atom stereocenters. The molecular weight excluding hydrogens is 510 g/mol. The molecule has 0 saturated carbocycles. The van der Waals surface area contributed by atoms with Crippen molar-refractivity contribution in [2.24, 2.45) is 0 Å². The van der Waals surface area contributed by atoms with Crippen molar-refractivity contribution in [3.05, 3.63) is 110 Å². The highest BCUT2D eigenvalue weighted by molar-refractivity contribution is 9.10. The van der Waals surface area contributed by atoms with Gasteiger partial charge in [0.05, 0.1) is 17.0 Å². The zero-order valence-electron chi connectivity index (χ0n) is 19.2. The van der Waals surface area contributed by atoms with Crippen molar-refractivity contribution in [1.29, 1.82) is 0 Å². The quantitative estimate of drug-likeness (QED) is 0.271. The van der Waals surface area contributed by atoms with Gasteiger partial charge in [0.25, 0.3) is 5.91 Å². The molecule has 0 bridgehead atoms. The van der Waals surface area contributed by atoms with Crippen LogP contribution in [0.15, 0.2) is 86.5 Å². The molecule has 0 radical (unpaired) electrons. The molecule has 1 amide bonds. The van der Waals surface area contributed by atoms with Gasteiger partial charge in [-0.3, -0.25) is 9.59 Å². The van der Waals surface area contributed by atoms with E-state index in [1.54, 1.807) is 30.2 Å². The fourth-order valence-corrected chi connectivity index (χ4v) is 4.83. The van der Waals surface area contributed by atoms with Gasteiger partial charge in [0.15, 0.2) is 5.43 Å². The minimum atomic E-state index is -0.575. The van der Waals surface area contributed by atoms with Crippen molar-refractivity contribution in [3.63, 3.8) is 0 Å². The smallest absolute Gasteiger partial charge is 0.290 e. The first-order valence-corrected chi connectivity index (χ1v) is 12.2. The number of carbonyl (C=O) groups excluding carboxylic acids is 1. The molecule has 35 heavy (non-hydrogen) atoms. The zero-order chi connectivity index (χ0) is 24.4. The summed E-state index contributed by atoms with van der Waals surface area (Å²) < 4.78 is 18.0. The Kier molecular flexibility index (Phi) is 6.70. The molecule has 6 nitrogen and oxygen atoms in total. The average Bonchev–Trinajstić information content (AvgIpc) is 3.16. The van der Waals surface area contributed by atoms with Crippen LogP contribution >= 0.6 is 15.9 Å². The molecule has 178 valence electrons. The summed E-state index contributed by atoms with van der Waals surface area (Å²) in [4.78, 5) is 28.8. The predicted octanol–water partition coefficient (Wildman–Crippen LogP) is 5.72. The lowest BCUT2D eigenvalue weighted by atomic mass is 9.98. The largest absolute Gasteiger partial charge is 0.489 e. The lowest BCUT2D eigenvalue weighted by Gasteiger charge is -2.25. The van der Waals surface area contributed by atoms with E-state index in [4.69, 9.17) is 13.9 Å². The first kappa shape index (κ1) is 23.3. The van der Waals surface area contributed by atoms with Crippen LogP contribution in [0.3, 0.4) is 0 Å². The number of amides is 1. The predicted molar refractivity (Wildman–Crippen MR) is 137 cm³/mol. The van der Waals surface area contributed by atoms with Gasteiger partial charge in [0, 0.05) is 24.7 Å². The van der Waals surface area contributed by atoms with E-state index in [0.717, 1.165) is 15.6 Å². The maximum Gasteiger partial charge on any atom is 0.290 e. The molecule has 0 N–H and O–H groups in total. The van der Waals surface area contributed by atoms with E-state index in [1.165, 1.54) is 0 Å². The summed E-state index contributed by atoms with van der Waals surface area (Å²) in [5, 5.41) is 0.436. The highest BCUT2D eigenvalue weighted by atomic mass is 79.9. The summed E-state index contributed by atoms with van der Waals surface area (Å²) in [5.41, 5.74) is 2.40. The number of fused-ring (bicyclic) bond motifs is 2. The van der Waals surface area contributed by atoms with Crippen molar-refractivity contribution in [2.75, 3.05) is 20.3 Å². The van der Waals surface area contributed by atoms with Crippen LogP contribution in [0.4, 0.5) is 0 Å². The molecule has 5 rings (SSSR count). The topological polar surface area (TPSA) is 69.0 Å². The van der Waals surface area contributed by atoms with E-state index in [0.29, 0.717) is 48.5 Å². The average molecular weight is 534 g/mol. The molecule has 4 aromatic rings. The first-order valence-electron chi connectivity index (χ1n) is 11.4. The van der Waals surface area contributed by atoms with Gasteiger partial charge in [-0.05, 0) is 47.9 Å². The normalized spacial score (nSPS) is 15.0. The van der Waals surface area contributed by atoms with E-state index in [2.05, 4.69) is 15.9 Å². The van der Waals surface area contributed by atoms with Crippen LogP contribution in [0.2, 0.25) is 0 Å². The van der Waals surface area contributed by atoms with Gasteiger partial charge in [0.2, 0.25) is 5.76 Å². The molecule has 0 aliphatic carbocycles. The fourth-order valence-electron chi connectivity index (χ4n) is 4.46. The van der Waals surface area contributed by atoms with Gasteiger partial charge in [-0.1, -0.05) is 58.4 Å². The Bertz CT molecular complexity index is 1430. The van der Waals surface area contributed by atoms with Gasteiger partial charge < -0.3 is 18.8 Å². The Labute approximate surface area is 211 Å². The number of carbonyl (C=O) groups is 1. The zero-order valence-corrected chi connectivity index (χ0v) is 20.8. The van der Waals surface area contributed by atoms with Gasteiger partial charge in [-0.2, -0.15) is 0 Å². The summed E-state index contributed by atoms with van der Waals surface area (Å²) in [7, 11) is 1.63. The number of nitrogens with zero attached hydrogens (tertiary/aromatic N) is 1. The van der Waals surface area contributed by atoms with Crippen LogP contribution in [-0.4, -0.2) is 31.1 Å². The van der Waals surface area contributed by atoms with E-state index < -0.39 is 6.04 Å². The molecule has 3 aromatic carbocycles. The van der Waals surface area contributed by atoms with Crippen LogP contribution in [0.25, 0.3) is 11.0 Å². The number of rotatable bonds is 8. The molecule has 1 unspecified atom stereocenters. The monoisotopic (exact) mass is 533 g/mol. The van der Waals surface area contributed by atoms with E-state index in [-0.39, 0.29) is 17.1 Å². The standard InChI is InChI=1S/C28H24BrNO5/c1-33-14-6-13-30-25(19-9-5-10-21(15-19)34-17-18-7-3-2-4-8-18)24-26(31)22-16-20(29)11-12-23(22)35-27(24)28(30)32/h2-5,7-12,15-16,25H,6,13-14,17H2,1H3. The Hall–Kier alpha value is -3.42. The highest BCUT2D eigenvalue weighted by Crippen LogP contribution is 2.39. The second kappa shape index (κ2) is 10.1. The van der Waals surface area contributed by atoms with Gasteiger partial charge >= 0.3 is 0 Å². The van der Waals surface area contributed by atoms with Crippen molar-refractivity contribution >= 4 is 32.8 Å². The summed E-state index contributed by atoms with van der Waals surface area (Å²) in [6, 6.07) is 22.1. The van der Waals surface area contributed by atoms with E-state index in [1.807, 2.05) is 54.6 Å². The van der Waals surface area contributed by atoms with Crippen molar-refractivity contribution in [3.8, 4) is 5.75 Å². The van der Waals surface area contributed by atoms with E-state index >= 15 is 0 Å². The summed E-state index contributed by atoms with van der Waals surface area (Å²) in [6.45, 7) is 1.35. The number of hydrogen-bond donors (Lipinski definition) is 0. The summed E-state index contributed by atoms with van der Waals surface area (Å²) in [6.07, 6.45) is 0.635.